The number of nitrogens with zero attached hydrogens (tertiary/aromatic N) is 4. The van der Waals surface area contributed by atoms with E-state index in [1.54, 1.807) is 6.20 Å². The van der Waals surface area contributed by atoms with Crippen molar-refractivity contribution in [1.29, 1.82) is 0 Å². The summed E-state index contributed by atoms with van der Waals surface area (Å²) in [6.45, 7) is 5.01. The molecule has 2 aliphatic rings. The summed E-state index contributed by atoms with van der Waals surface area (Å²) in [5, 5.41) is 9.22. The number of rotatable bonds is 3. The molecule has 118 valence electrons. The van der Waals surface area contributed by atoms with E-state index in [2.05, 4.69) is 19.8 Å². The first-order valence-electron chi connectivity index (χ1n) is 7.99. The molecule has 0 aliphatic carbocycles. The van der Waals surface area contributed by atoms with Gasteiger partial charge in [-0.1, -0.05) is 16.8 Å². The monoisotopic (exact) mass is 320 g/mol. The SMILES string of the molecule is Cc1noc(C)c1CN1C2CCC1CC(n1cc(Cl)cn1)C2. The molecule has 0 amide bonds. The van der Waals surface area contributed by atoms with Crippen LogP contribution in [0.15, 0.2) is 16.9 Å². The fourth-order valence-corrected chi connectivity index (χ4v) is 4.29. The quantitative estimate of drug-likeness (QED) is 0.868. The van der Waals surface area contributed by atoms with Gasteiger partial charge in [0.05, 0.1) is 23.0 Å². The Labute approximate surface area is 135 Å². The van der Waals surface area contributed by atoms with Gasteiger partial charge in [0.15, 0.2) is 0 Å². The molecule has 2 aromatic heterocycles. The fraction of sp³-hybridized carbons (Fsp3) is 0.625. The number of aryl methyl sites for hydroxylation is 2. The van der Waals surface area contributed by atoms with Crippen molar-refractivity contribution in [3.05, 3.63) is 34.4 Å². The molecule has 22 heavy (non-hydrogen) atoms. The third kappa shape index (κ3) is 2.36. The van der Waals surface area contributed by atoms with Crippen LogP contribution in [0.4, 0.5) is 0 Å². The molecule has 2 bridgehead atoms. The van der Waals surface area contributed by atoms with Gasteiger partial charge in [-0.05, 0) is 39.5 Å². The van der Waals surface area contributed by atoms with Crippen LogP contribution in [0.3, 0.4) is 0 Å². The number of fused-ring (bicyclic) bond motifs is 2. The van der Waals surface area contributed by atoms with Gasteiger partial charge in [0.1, 0.15) is 5.76 Å². The van der Waals surface area contributed by atoms with Crippen LogP contribution in [0, 0.1) is 13.8 Å². The molecule has 0 N–H and O–H groups in total. The highest BCUT2D eigenvalue weighted by Gasteiger charge is 2.41. The molecule has 0 saturated carbocycles. The van der Waals surface area contributed by atoms with Crippen molar-refractivity contribution in [2.75, 3.05) is 0 Å². The smallest absolute Gasteiger partial charge is 0.138 e. The molecule has 4 heterocycles. The average Bonchev–Trinajstić information content (AvgIpc) is 3.12. The van der Waals surface area contributed by atoms with Gasteiger partial charge >= 0.3 is 0 Å². The summed E-state index contributed by atoms with van der Waals surface area (Å²) < 4.78 is 7.37. The minimum Gasteiger partial charge on any atom is -0.361 e. The van der Waals surface area contributed by atoms with Crippen molar-refractivity contribution in [2.24, 2.45) is 0 Å². The van der Waals surface area contributed by atoms with E-state index in [-0.39, 0.29) is 0 Å². The van der Waals surface area contributed by atoms with E-state index >= 15 is 0 Å². The molecule has 2 aromatic rings. The van der Waals surface area contributed by atoms with Crippen molar-refractivity contribution in [3.8, 4) is 0 Å². The van der Waals surface area contributed by atoms with Crippen LogP contribution >= 0.6 is 11.6 Å². The molecular weight excluding hydrogens is 300 g/mol. The number of aromatic nitrogens is 3. The van der Waals surface area contributed by atoms with E-state index in [1.807, 2.05) is 20.0 Å². The van der Waals surface area contributed by atoms with Crippen molar-refractivity contribution in [3.63, 3.8) is 0 Å². The van der Waals surface area contributed by atoms with E-state index in [9.17, 15) is 0 Å². The second-order valence-electron chi connectivity index (χ2n) is 6.62. The topological polar surface area (TPSA) is 47.1 Å². The van der Waals surface area contributed by atoms with Crippen LogP contribution in [-0.4, -0.2) is 31.9 Å². The van der Waals surface area contributed by atoms with Crippen molar-refractivity contribution in [1.82, 2.24) is 19.8 Å². The number of hydrogen-bond acceptors (Lipinski definition) is 4. The van der Waals surface area contributed by atoms with Gasteiger partial charge in [-0.15, -0.1) is 0 Å². The molecule has 5 nitrogen and oxygen atoms in total. The number of piperidine rings is 1. The number of halogens is 1. The molecule has 2 fully saturated rings. The first kappa shape index (κ1) is 14.3. The van der Waals surface area contributed by atoms with Crippen LogP contribution in [0.1, 0.15) is 48.7 Å². The molecule has 0 aromatic carbocycles. The highest BCUT2D eigenvalue weighted by Crippen LogP contribution is 2.42. The number of hydrogen-bond donors (Lipinski definition) is 0. The molecule has 0 spiro atoms. The first-order valence-corrected chi connectivity index (χ1v) is 8.36. The Morgan fingerprint density at radius 2 is 1.95 bits per heavy atom. The molecule has 2 unspecified atom stereocenters. The average molecular weight is 321 g/mol. The van der Waals surface area contributed by atoms with Crippen LogP contribution in [0.2, 0.25) is 5.02 Å². The molecule has 4 rings (SSSR count). The Balaban J connectivity index is 1.51. The zero-order chi connectivity index (χ0) is 15.3. The summed E-state index contributed by atoms with van der Waals surface area (Å²) in [5.41, 5.74) is 2.29. The zero-order valence-electron chi connectivity index (χ0n) is 13.0. The van der Waals surface area contributed by atoms with Crippen molar-refractivity contribution in [2.45, 2.75) is 64.2 Å². The lowest BCUT2D eigenvalue weighted by molar-refractivity contribution is 0.0945. The highest BCUT2D eigenvalue weighted by atomic mass is 35.5. The lowest BCUT2D eigenvalue weighted by Crippen LogP contribution is -2.43. The predicted octanol–water partition coefficient (Wildman–Crippen LogP) is 3.51. The summed E-state index contributed by atoms with van der Waals surface area (Å²) in [6, 6.07) is 1.73. The largest absolute Gasteiger partial charge is 0.361 e. The van der Waals surface area contributed by atoms with Crippen LogP contribution in [-0.2, 0) is 6.54 Å². The highest BCUT2D eigenvalue weighted by molar-refractivity contribution is 6.30. The van der Waals surface area contributed by atoms with Crippen LogP contribution < -0.4 is 0 Å². The summed E-state index contributed by atoms with van der Waals surface area (Å²) in [4.78, 5) is 2.65. The second kappa shape index (κ2) is 5.39. The second-order valence-corrected chi connectivity index (χ2v) is 7.06. The van der Waals surface area contributed by atoms with E-state index in [0.29, 0.717) is 18.1 Å². The van der Waals surface area contributed by atoms with E-state index < -0.39 is 0 Å². The molecule has 2 atom stereocenters. The van der Waals surface area contributed by atoms with E-state index in [4.69, 9.17) is 16.1 Å². The molecule has 2 saturated heterocycles. The summed E-state index contributed by atoms with van der Waals surface area (Å²) in [6.07, 6.45) is 8.55. The zero-order valence-corrected chi connectivity index (χ0v) is 13.8. The first-order chi connectivity index (χ1) is 10.6. The lowest BCUT2D eigenvalue weighted by atomic mass is 9.96. The van der Waals surface area contributed by atoms with Gasteiger partial charge in [0.25, 0.3) is 0 Å². The molecule has 2 aliphatic heterocycles. The van der Waals surface area contributed by atoms with Gasteiger partial charge in [-0.3, -0.25) is 9.58 Å². The normalized spacial score (nSPS) is 28.4. The van der Waals surface area contributed by atoms with Crippen LogP contribution in [0.25, 0.3) is 0 Å². The Bertz CT molecular complexity index is 646. The van der Waals surface area contributed by atoms with Gasteiger partial charge < -0.3 is 4.52 Å². The fourth-order valence-electron chi connectivity index (χ4n) is 4.14. The Hall–Kier alpha value is -1.33. The van der Waals surface area contributed by atoms with Gasteiger partial charge in [-0.25, -0.2) is 0 Å². The van der Waals surface area contributed by atoms with Crippen molar-refractivity contribution < 1.29 is 4.52 Å². The molecule has 6 heteroatoms. The molecule has 0 radical (unpaired) electrons. The maximum atomic E-state index is 6.02. The van der Waals surface area contributed by atoms with Gasteiger partial charge in [0, 0.05) is 30.4 Å². The third-order valence-electron chi connectivity index (χ3n) is 5.33. The summed E-state index contributed by atoms with van der Waals surface area (Å²) in [5.74, 6) is 0.956. The summed E-state index contributed by atoms with van der Waals surface area (Å²) >= 11 is 6.02. The van der Waals surface area contributed by atoms with E-state index in [0.717, 1.165) is 35.9 Å². The minimum atomic E-state index is 0.478. The minimum absolute atomic E-state index is 0.478. The Morgan fingerprint density at radius 3 is 2.50 bits per heavy atom. The third-order valence-corrected chi connectivity index (χ3v) is 5.52. The van der Waals surface area contributed by atoms with Gasteiger partial charge in [0.2, 0.25) is 0 Å². The Kier molecular flexibility index (Phi) is 3.50. The van der Waals surface area contributed by atoms with E-state index in [1.165, 1.54) is 18.4 Å². The Morgan fingerprint density at radius 1 is 1.23 bits per heavy atom. The predicted molar refractivity (Wildman–Crippen MR) is 83.8 cm³/mol. The lowest BCUT2D eigenvalue weighted by Gasteiger charge is -2.39. The van der Waals surface area contributed by atoms with Crippen molar-refractivity contribution >= 4 is 11.6 Å². The summed E-state index contributed by atoms with van der Waals surface area (Å²) in [7, 11) is 0. The van der Waals surface area contributed by atoms with Gasteiger partial charge in [-0.2, -0.15) is 5.10 Å². The standard InChI is InChI=1S/C16H21ClN4O/c1-10-16(11(2)22-19-10)9-20-13-3-4-14(20)6-15(5-13)21-8-12(17)7-18-21/h7-8,13-15H,3-6,9H2,1-2H3. The van der Waals surface area contributed by atoms with Crippen LogP contribution in [0.5, 0.6) is 0 Å². The maximum Gasteiger partial charge on any atom is 0.138 e. The molecular formula is C16H21ClN4O. The maximum absolute atomic E-state index is 6.02.